The third-order valence-corrected chi connectivity index (χ3v) is 2.89. The van der Waals surface area contributed by atoms with Crippen LogP contribution in [0, 0.1) is 11.8 Å². The standard InChI is InChI=1S/C12H26N2O2/c1-3-11(6-7-13)4-5-12(16)14-8-10(2)9-15/h10-11,15H,3-9,13H2,1-2H3,(H,14,16). The maximum atomic E-state index is 11.5. The number of carbonyl (C=O) groups is 1. The Morgan fingerprint density at radius 1 is 1.44 bits per heavy atom. The highest BCUT2D eigenvalue weighted by Gasteiger charge is 2.09. The van der Waals surface area contributed by atoms with E-state index in [1.807, 2.05) is 6.92 Å². The molecule has 4 N–H and O–H groups in total. The molecule has 0 heterocycles. The summed E-state index contributed by atoms with van der Waals surface area (Å²) in [5, 5.41) is 11.6. The van der Waals surface area contributed by atoms with E-state index in [0.717, 1.165) is 19.3 Å². The quantitative estimate of drug-likeness (QED) is 0.550. The Bertz CT molecular complexity index is 186. The zero-order chi connectivity index (χ0) is 12.4. The Labute approximate surface area is 98.6 Å². The largest absolute Gasteiger partial charge is 0.396 e. The molecule has 2 atom stereocenters. The van der Waals surface area contributed by atoms with Gasteiger partial charge in [0.15, 0.2) is 0 Å². The summed E-state index contributed by atoms with van der Waals surface area (Å²) in [5.41, 5.74) is 5.50. The molecule has 2 unspecified atom stereocenters. The molecular weight excluding hydrogens is 204 g/mol. The maximum absolute atomic E-state index is 11.5. The summed E-state index contributed by atoms with van der Waals surface area (Å²) >= 11 is 0. The minimum Gasteiger partial charge on any atom is -0.396 e. The second-order valence-electron chi connectivity index (χ2n) is 4.48. The molecule has 0 rings (SSSR count). The third kappa shape index (κ3) is 7.65. The van der Waals surface area contributed by atoms with Crippen LogP contribution in [0.4, 0.5) is 0 Å². The summed E-state index contributed by atoms with van der Waals surface area (Å²) in [6.07, 6.45) is 3.55. The molecule has 0 fully saturated rings. The van der Waals surface area contributed by atoms with Crippen molar-refractivity contribution < 1.29 is 9.90 Å². The first-order chi connectivity index (χ1) is 7.63. The molecule has 96 valence electrons. The fourth-order valence-corrected chi connectivity index (χ4v) is 1.56. The molecule has 0 aromatic rings. The average Bonchev–Trinajstić information content (AvgIpc) is 2.31. The minimum atomic E-state index is 0.0794. The van der Waals surface area contributed by atoms with Crippen molar-refractivity contribution in [2.24, 2.45) is 17.6 Å². The van der Waals surface area contributed by atoms with Gasteiger partial charge in [-0.2, -0.15) is 0 Å². The topological polar surface area (TPSA) is 75.4 Å². The van der Waals surface area contributed by atoms with Gasteiger partial charge in [0.05, 0.1) is 0 Å². The van der Waals surface area contributed by atoms with Gasteiger partial charge < -0.3 is 16.2 Å². The first-order valence-electron chi connectivity index (χ1n) is 6.21. The number of rotatable bonds is 9. The molecule has 0 spiro atoms. The molecule has 0 radical (unpaired) electrons. The number of nitrogens with one attached hydrogen (secondary N) is 1. The van der Waals surface area contributed by atoms with Crippen molar-refractivity contribution in [2.45, 2.75) is 39.5 Å². The van der Waals surface area contributed by atoms with Crippen LogP contribution in [0.1, 0.15) is 39.5 Å². The number of amides is 1. The molecule has 0 aromatic carbocycles. The van der Waals surface area contributed by atoms with E-state index < -0.39 is 0 Å². The van der Waals surface area contributed by atoms with Crippen molar-refractivity contribution in [3.63, 3.8) is 0 Å². The third-order valence-electron chi connectivity index (χ3n) is 2.89. The van der Waals surface area contributed by atoms with E-state index in [4.69, 9.17) is 10.8 Å². The summed E-state index contributed by atoms with van der Waals surface area (Å²) in [5.74, 6) is 0.775. The van der Waals surface area contributed by atoms with Gasteiger partial charge in [-0.15, -0.1) is 0 Å². The number of nitrogens with two attached hydrogens (primary N) is 1. The predicted octanol–water partition coefficient (Wildman–Crippen LogP) is 0.886. The van der Waals surface area contributed by atoms with Gasteiger partial charge >= 0.3 is 0 Å². The van der Waals surface area contributed by atoms with Crippen molar-refractivity contribution in [3.05, 3.63) is 0 Å². The molecule has 0 saturated carbocycles. The first-order valence-corrected chi connectivity index (χ1v) is 6.21. The second-order valence-corrected chi connectivity index (χ2v) is 4.48. The predicted molar refractivity (Wildman–Crippen MR) is 65.9 cm³/mol. The smallest absolute Gasteiger partial charge is 0.220 e. The lowest BCUT2D eigenvalue weighted by Crippen LogP contribution is -2.29. The van der Waals surface area contributed by atoms with Gasteiger partial charge in [-0.3, -0.25) is 4.79 Å². The van der Waals surface area contributed by atoms with Gasteiger partial charge in [-0.25, -0.2) is 0 Å². The lowest BCUT2D eigenvalue weighted by Gasteiger charge is -2.14. The SMILES string of the molecule is CCC(CCN)CCC(=O)NCC(C)CO. The van der Waals surface area contributed by atoms with Crippen LogP contribution in [0.15, 0.2) is 0 Å². The van der Waals surface area contributed by atoms with Crippen LogP contribution < -0.4 is 11.1 Å². The van der Waals surface area contributed by atoms with Gasteiger partial charge in [0.1, 0.15) is 0 Å². The minimum absolute atomic E-state index is 0.0794. The van der Waals surface area contributed by atoms with Crippen LogP contribution in [0.5, 0.6) is 0 Å². The monoisotopic (exact) mass is 230 g/mol. The Morgan fingerprint density at radius 2 is 2.12 bits per heavy atom. The van der Waals surface area contributed by atoms with Gasteiger partial charge in [0, 0.05) is 19.6 Å². The lowest BCUT2D eigenvalue weighted by molar-refractivity contribution is -0.121. The maximum Gasteiger partial charge on any atom is 0.220 e. The van der Waals surface area contributed by atoms with Crippen LogP contribution in [-0.2, 0) is 4.79 Å². The van der Waals surface area contributed by atoms with Crippen LogP contribution in [0.25, 0.3) is 0 Å². The summed E-state index contributed by atoms with van der Waals surface area (Å²) in [7, 11) is 0. The van der Waals surface area contributed by atoms with E-state index in [1.54, 1.807) is 0 Å². The molecule has 0 aromatic heterocycles. The Balaban J connectivity index is 3.62. The first kappa shape index (κ1) is 15.4. The highest BCUT2D eigenvalue weighted by Crippen LogP contribution is 2.14. The van der Waals surface area contributed by atoms with Crippen LogP contribution in [-0.4, -0.2) is 30.7 Å². The van der Waals surface area contributed by atoms with Crippen molar-refractivity contribution >= 4 is 5.91 Å². The van der Waals surface area contributed by atoms with Crippen LogP contribution in [0.2, 0.25) is 0 Å². The fourth-order valence-electron chi connectivity index (χ4n) is 1.56. The van der Waals surface area contributed by atoms with Crippen LogP contribution in [0.3, 0.4) is 0 Å². The number of carbonyl (C=O) groups excluding carboxylic acids is 1. The molecule has 4 nitrogen and oxygen atoms in total. The molecule has 0 aliphatic carbocycles. The normalized spacial score (nSPS) is 14.5. The van der Waals surface area contributed by atoms with Crippen molar-refractivity contribution in [3.8, 4) is 0 Å². The zero-order valence-electron chi connectivity index (χ0n) is 10.5. The van der Waals surface area contributed by atoms with Gasteiger partial charge in [-0.05, 0) is 31.2 Å². The van der Waals surface area contributed by atoms with E-state index in [0.29, 0.717) is 25.4 Å². The van der Waals surface area contributed by atoms with E-state index in [1.165, 1.54) is 0 Å². The molecule has 0 aliphatic heterocycles. The van der Waals surface area contributed by atoms with E-state index in [9.17, 15) is 4.79 Å². The summed E-state index contributed by atoms with van der Waals surface area (Å²) in [6, 6.07) is 0. The second kappa shape index (κ2) is 9.60. The Morgan fingerprint density at radius 3 is 2.62 bits per heavy atom. The van der Waals surface area contributed by atoms with E-state index >= 15 is 0 Å². The average molecular weight is 230 g/mol. The fraction of sp³-hybridized carbons (Fsp3) is 0.917. The Kier molecular flexibility index (Phi) is 9.24. The summed E-state index contributed by atoms with van der Waals surface area (Å²) in [4.78, 5) is 11.5. The highest BCUT2D eigenvalue weighted by atomic mass is 16.3. The van der Waals surface area contributed by atoms with Crippen molar-refractivity contribution in [1.82, 2.24) is 5.32 Å². The van der Waals surface area contributed by atoms with Gasteiger partial charge in [0.25, 0.3) is 0 Å². The van der Waals surface area contributed by atoms with Gasteiger partial charge in [0.2, 0.25) is 5.91 Å². The van der Waals surface area contributed by atoms with Crippen molar-refractivity contribution in [2.75, 3.05) is 19.7 Å². The van der Waals surface area contributed by atoms with E-state index in [2.05, 4.69) is 12.2 Å². The summed E-state index contributed by atoms with van der Waals surface area (Å²) in [6.45, 7) is 5.41. The molecular formula is C12H26N2O2. The number of aliphatic hydroxyl groups is 1. The van der Waals surface area contributed by atoms with Crippen molar-refractivity contribution in [1.29, 1.82) is 0 Å². The van der Waals surface area contributed by atoms with Crippen LogP contribution >= 0.6 is 0 Å². The molecule has 1 amide bonds. The van der Waals surface area contributed by atoms with Gasteiger partial charge in [-0.1, -0.05) is 20.3 Å². The molecule has 4 heteroatoms. The molecule has 0 bridgehead atoms. The number of hydrogen-bond acceptors (Lipinski definition) is 3. The highest BCUT2D eigenvalue weighted by molar-refractivity contribution is 5.75. The zero-order valence-corrected chi connectivity index (χ0v) is 10.5. The molecule has 0 aliphatic rings. The Hall–Kier alpha value is -0.610. The summed E-state index contributed by atoms with van der Waals surface area (Å²) < 4.78 is 0. The molecule has 16 heavy (non-hydrogen) atoms. The van der Waals surface area contributed by atoms with E-state index in [-0.39, 0.29) is 18.4 Å². The number of hydrogen-bond donors (Lipinski definition) is 3. The number of aliphatic hydroxyl groups excluding tert-OH is 1. The molecule has 0 saturated heterocycles. The lowest BCUT2D eigenvalue weighted by atomic mass is 9.96.